The van der Waals surface area contributed by atoms with Crippen molar-refractivity contribution in [3.8, 4) is 5.75 Å². The van der Waals surface area contributed by atoms with E-state index in [1.807, 2.05) is 0 Å². The average molecular weight is 408 g/mol. The molecule has 5 atom stereocenters. The summed E-state index contributed by atoms with van der Waals surface area (Å²) < 4.78 is 27.1. The maximum Gasteiger partial charge on any atom is 0.196 e. The van der Waals surface area contributed by atoms with Crippen molar-refractivity contribution in [2.45, 2.75) is 37.3 Å². The lowest BCUT2D eigenvalue weighted by molar-refractivity contribution is -0.304. The van der Waals surface area contributed by atoms with Crippen molar-refractivity contribution in [3.05, 3.63) is 40.4 Å². The molecule has 0 amide bonds. The van der Waals surface area contributed by atoms with Crippen molar-refractivity contribution in [2.24, 2.45) is 0 Å². The van der Waals surface area contributed by atoms with Crippen LogP contribution in [0.3, 0.4) is 0 Å². The Labute approximate surface area is 163 Å². The molecule has 10 nitrogen and oxygen atoms in total. The Bertz CT molecular complexity index is 1070. The molecule has 4 N–H and O–H groups in total. The molecule has 2 aromatic heterocycles. The Morgan fingerprint density at radius 3 is 2.62 bits per heavy atom. The van der Waals surface area contributed by atoms with E-state index >= 15 is 0 Å². The first-order valence-electron chi connectivity index (χ1n) is 8.87. The molecule has 0 saturated carbocycles. The molecule has 1 saturated heterocycles. The van der Waals surface area contributed by atoms with Gasteiger partial charge in [0.1, 0.15) is 59.1 Å². The fraction of sp³-hybridized carbons (Fsp3) is 0.421. The average Bonchev–Trinajstić information content (AvgIpc) is 3.18. The number of aliphatic hydroxyl groups is 4. The van der Waals surface area contributed by atoms with E-state index in [0.717, 1.165) is 0 Å². The number of benzene rings is 1. The molecule has 4 rings (SSSR count). The van der Waals surface area contributed by atoms with Gasteiger partial charge in [-0.05, 0) is 6.07 Å². The number of ether oxygens (including phenoxy) is 3. The highest BCUT2D eigenvalue weighted by atomic mass is 16.7. The molecule has 1 fully saturated rings. The summed E-state index contributed by atoms with van der Waals surface area (Å²) in [4.78, 5) is 12.6. The normalized spacial score (nSPS) is 27.6. The predicted molar refractivity (Wildman–Crippen MR) is 97.4 cm³/mol. The molecule has 0 radical (unpaired) electrons. The number of furan rings is 1. The molecule has 1 aliphatic heterocycles. The summed E-state index contributed by atoms with van der Waals surface area (Å²) in [6.07, 6.45) is -5.57. The molecule has 29 heavy (non-hydrogen) atoms. The standard InChI is InChI=1S/C19H20O10/c1-25-18-9-2-3-26-11(9)5-12-14(18)10(21)4-8(28-12)7-27-19-17(24)16(23)15(22)13(6-20)29-19/h2-5,13,15-17,19-20,22-24H,6-7H2,1H3/t13-,15+,16+,17+,19+/m0/s1. The van der Waals surface area contributed by atoms with Crippen LogP contribution in [-0.2, 0) is 16.1 Å². The molecule has 3 aromatic rings. The Morgan fingerprint density at radius 1 is 1.10 bits per heavy atom. The van der Waals surface area contributed by atoms with Crippen LogP contribution in [0.1, 0.15) is 5.76 Å². The Balaban J connectivity index is 1.62. The fourth-order valence-electron chi connectivity index (χ4n) is 3.41. The third-order valence-electron chi connectivity index (χ3n) is 4.90. The first-order valence-corrected chi connectivity index (χ1v) is 8.87. The molecular weight excluding hydrogens is 388 g/mol. The summed E-state index contributed by atoms with van der Waals surface area (Å²) in [7, 11) is 1.44. The number of aliphatic hydroxyl groups excluding tert-OH is 4. The van der Waals surface area contributed by atoms with Gasteiger partial charge in [-0.25, -0.2) is 0 Å². The van der Waals surface area contributed by atoms with Gasteiger partial charge in [0, 0.05) is 12.1 Å². The number of hydrogen-bond donors (Lipinski definition) is 4. The lowest BCUT2D eigenvalue weighted by atomic mass is 9.99. The van der Waals surface area contributed by atoms with Gasteiger partial charge in [-0.2, -0.15) is 0 Å². The summed E-state index contributed by atoms with van der Waals surface area (Å²) >= 11 is 0. The summed E-state index contributed by atoms with van der Waals surface area (Å²) in [6.45, 7) is -0.846. The Kier molecular flexibility index (Phi) is 5.30. The molecule has 10 heteroatoms. The van der Waals surface area contributed by atoms with Crippen molar-refractivity contribution < 1.29 is 43.5 Å². The number of rotatable bonds is 5. The van der Waals surface area contributed by atoms with Crippen molar-refractivity contribution in [1.29, 1.82) is 0 Å². The van der Waals surface area contributed by atoms with E-state index in [0.29, 0.717) is 16.7 Å². The Morgan fingerprint density at radius 2 is 1.90 bits per heavy atom. The molecule has 0 aliphatic carbocycles. The molecule has 1 aliphatic rings. The highest BCUT2D eigenvalue weighted by molar-refractivity contribution is 6.01. The zero-order valence-corrected chi connectivity index (χ0v) is 15.3. The summed E-state index contributed by atoms with van der Waals surface area (Å²) in [5, 5.41) is 39.8. The van der Waals surface area contributed by atoms with Crippen LogP contribution in [0.25, 0.3) is 21.9 Å². The molecule has 3 heterocycles. The van der Waals surface area contributed by atoms with Crippen LogP contribution in [0, 0.1) is 0 Å². The summed E-state index contributed by atoms with van der Waals surface area (Å²) in [5.41, 5.74) is 0.340. The zero-order valence-electron chi connectivity index (χ0n) is 15.3. The minimum atomic E-state index is -1.56. The van der Waals surface area contributed by atoms with Crippen molar-refractivity contribution in [1.82, 2.24) is 0 Å². The molecule has 0 spiro atoms. The van der Waals surface area contributed by atoms with Gasteiger partial charge in [0.2, 0.25) is 0 Å². The second-order valence-corrected chi connectivity index (χ2v) is 6.70. The minimum absolute atomic E-state index is 0.132. The van der Waals surface area contributed by atoms with Gasteiger partial charge >= 0.3 is 0 Å². The Hall–Kier alpha value is -2.47. The third kappa shape index (κ3) is 3.39. The molecule has 156 valence electrons. The van der Waals surface area contributed by atoms with Crippen LogP contribution < -0.4 is 10.2 Å². The van der Waals surface area contributed by atoms with E-state index in [1.165, 1.54) is 19.4 Å². The van der Waals surface area contributed by atoms with Crippen LogP contribution in [-0.4, -0.2) is 64.8 Å². The monoisotopic (exact) mass is 408 g/mol. The second kappa shape index (κ2) is 7.75. The van der Waals surface area contributed by atoms with E-state index in [2.05, 4.69) is 0 Å². The first-order chi connectivity index (χ1) is 13.9. The summed E-state index contributed by atoms with van der Waals surface area (Å²) in [5.74, 6) is 0.467. The minimum Gasteiger partial charge on any atom is -0.495 e. The van der Waals surface area contributed by atoms with Crippen LogP contribution in [0.15, 0.2) is 38.1 Å². The van der Waals surface area contributed by atoms with Crippen molar-refractivity contribution in [3.63, 3.8) is 0 Å². The van der Waals surface area contributed by atoms with Crippen LogP contribution in [0.5, 0.6) is 5.75 Å². The fourth-order valence-corrected chi connectivity index (χ4v) is 3.41. The van der Waals surface area contributed by atoms with Crippen LogP contribution in [0.4, 0.5) is 0 Å². The SMILES string of the molecule is COc1c2ccoc2cc2oc(CO[C@@H]3O[C@@H](CO)[C@@H](O)[C@@H](O)[C@H]3O)cc(=O)c12. The maximum absolute atomic E-state index is 12.6. The van der Waals surface area contributed by atoms with Gasteiger partial charge in [-0.1, -0.05) is 0 Å². The topological polar surface area (TPSA) is 152 Å². The largest absolute Gasteiger partial charge is 0.495 e. The van der Waals surface area contributed by atoms with E-state index in [4.69, 9.17) is 23.0 Å². The van der Waals surface area contributed by atoms with E-state index in [-0.39, 0.29) is 28.8 Å². The van der Waals surface area contributed by atoms with Gasteiger partial charge in [-0.3, -0.25) is 4.79 Å². The predicted octanol–water partition coefficient (Wildman–Crippen LogP) is -0.136. The van der Waals surface area contributed by atoms with E-state index in [1.54, 1.807) is 12.1 Å². The van der Waals surface area contributed by atoms with Crippen molar-refractivity contribution in [2.75, 3.05) is 13.7 Å². The van der Waals surface area contributed by atoms with E-state index in [9.17, 15) is 25.2 Å². The smallest absolute Gasteiger partial charge is 0.196 e. The lowest BCUT2D eigenvalue weighted by Crippen LogP contribution is -2.59. The summed E-state index contributed by atoms with van der Waals surface area (Å²) in [6, 6.07) is 4.47. The van der Waals surface area contributed by atoms with Crippen LogP contribution >= 0.6 is 0 Å². The zero-order chi connectivity index (χ0) is 20.7. The highest BCUT2D eigenvalue weighted by Crippen LogP contribution is 2.34. The molecule has 0 bridgehead atoms. The van der Waals surface area contributed by atoms with Gasteiger partial charge in [0.15, 0.2) is 11.7 Å². The molecular formula is C19H20O10. The quantitative estimate of drug-likeness (QED) is 0.449. The van der Waals surface area contributed by atoms with Gasteiger partial charge in [0.05, 0.1) is 25.4 Å². The highest BCUT2D eigenvalue weighted by Gasteiger charge is 2.44. The van der Waals surface area contributed by atoms with E-state index < -0.39 is 37.3 Å². The number of hydrogen-bond acceptors (Lipinski definition) is 10. The van der Waals surface area contributed by atoms with Gasteiger partial charge < -0.3 is 43.5 Å². The number of methoxy groups -OCH3 is 1. The second-order valence-electron chi connectivity index (χ2n) is 6.70. The van der Waals surface area contributed by atoms with Gasteiger partial charge in [-0.15, -0.1) is 0 Å². The van der Waals surface area contributed by atoms with Crippen LogP contribution in [0.2, 0.25) is 0 Å². The number of fused-ring (bicyclic) bond motifs is 2. The van der Waals surface area contributed by atoms with Crippen molar-refractivity contribution >= 4 is 21.9 Å². The molecule has 1 aromatic carbocycles. The maximum atomic E-state index is 12.6. The first kappa shape index (κ1) is 19.8. The van der Waals surface area contributed by atoms with Gasteiger partial charge in [0.25, 0.3) is 0 Å². The lowest BCUT2D eigenvalue weighted by Gasteiger charge is -2.39. The third-order valence-corrected chi connectivity index (χ3v) is 4.90. The molecule has 0 unspecified atom stereocenters.